The third-order valence-electron chi connectivity index (χ3n) is 3.14. The molecule has 114 valence electrons. The first-order valence-corrected chi connectivity index (χ1v) is 8.42. The number of rotatable bonds is 4. The van der Waals surface area contributed by atoms with Gasteiger partial charge in [0.15, 0.2) is 0 Å². The van der Waals surface area contributed by atoms with Crippen molar-refractivity contribution in [1.29, 1.82) is 0 Å². The molecule has 0 bridgehead atoms. The van der Waals surface area contributed by atoms with E-state index in [1.54, 1.807) is 0 Å². The molecule has 1 saturated heterocycles. The highest BCUT2D eigenvalue weighted by Crippen LogP contribution is 2.20. The average molecular weight is 388 g/mol. The van der Waals surface area contributed by atoms with Crippen LogP contribution in [0.15, 0.2) is 27.6 Å². The molecule has 0 saturated carbocycles. The second kappa shape index (κ2) is 7.70. The molecule has 0 amide bonds. The van der Waals surface area contributed by atoms with E-state index >= 15 is 0 Å². The van der Waals surface area contributed by atoms with Gasteiger partial charge in [-0.05, 0) is 50.0 Å². The maximum atomic E-state index is 13.6. The summed E-state index contributed by atoms with van der Waals surface area (Å²) in [6.07, 6.45) is 2.02. The van der Waals surface area contributed by atoms with Crippen molar-refractivity contribution in [2.75, 3.05) is 19.6 Å². The molecule has 1 fully saturated rings. The molecule has 2 N–H and O–H groups in total. The van der Waals surface area contributed by atoms with Crippen LogP contribution in [0.25, 0.3) is 0 Å². The van der Waals surface area contributed by atoms with Crippen molar-refractivity contribution in [3.8, 4) is 0 Å². The monoisotopic (exact) mass is 386 g/mol. The fourth-order valence-corrected chi connectivity index (χ4v) is 3.82. The Kier molecular flexibility index (Phi) is 6.87. The van der Waals surface area contributed by atoms with Crippen LogP contribution in [-0.2, 0) is 10.0 Å². The lowest BCUT2D eigenvalue weighted by Gasteiger charge is -2.22. The van der Waals surface area contributed by atoms with Crippen LogP contribution in [0.2, 0.25) is 0 Å². The topological polar surface area (TPSA) is 58.2 Å². The minimum atomic E-state index is -3.80. The molecule has 2 rings (SSSR count). The number of nitrogens with one attached hydrogen (secondary N) is 2. The zero-order valence-corrected chi connectivity index (χ0v) is 14.0. The molecule has 1 atom stereocenters. The van der Waals surface area contributed by atoms with Crippen LogP contribution >= 0.6 is 28.3 Å². The van der Waals surface area contributed by atoms with Crippen molar-refractivity contribution >= 4 is 38.4 Å². The highest BCUT2D eigenvalue weighted by atomic mass is 79.9. The predicted octanol–water partition coefficient (Wildman–Crippen LogP) is 2.29. The molecular weight excluding hydrogens is 371 g/mol. The van der Waals surface area contributed by atoms with Crippen molar-refractivity contribution in [3.63, 3.8) is 0 Å². The Bertz CT molecular complexity index is 550. The smallest absolute Gasteiger partial charge is 0.243 e. The second-order valence-electron chi connectivity index (χ2n) is 4.64. The molecule has 20 heavy (non-hydrogen) atoms. The van der Waals surface area contributed by atoms with Crippen LogP contribution in [0.4, 0.5) is 4.39 Å². The molecular formula is C12H17BrClFN2O2S. The molecule has 1 aromatic carbocycles. The Morgan fingerprint density at radius 3 is 2.85 bits per heavy atom. The summed E-state index contributed by atoms with van der Waals surface area (Å²) in [5, 5.41) is 3.21. The normalized spacial score (nSPS) is 19.4. The molecule has 1 aromatic rings. The van der Waals surface area contributed by atoms with Gasteiger partial charge in [0, 0.05) is 11.0 Å². The Morgan fingerprint density at radius 1 is 1.45 bits per heavy atom. The number of sulfonamides is 1. The van der Waals surface area contributed by atoms with Crippen molar-refractivity contribution in [2.24, 2.45) is 5.92 Å². The van der Waals surface area contributed by atoms with Gasteiger partial charge < -0.3 is 5.32 Å². The maximum absolute atomic E-state index is 13.6. The summed E-state index contributed by atoms with van der Waals surface area (Å²) in [6, 6.07) is 3.89. The molecule has 8 heteroatoms. The van der Waals surface area contributed by atoms with E-state index in [9.17, 15) is 12.8 Å². The van der Waals surface area contributed by atoms with Gasteiger partial charge in [-0.1, -0.05) is 15.9 Å². The van der Waals surface area contributed by atoms with Gasteiger partial charge in [0.05, 0.1) is 0 Å². The van der Waals surface area contributed by atoms with Crippen LogP contribution in [0.1, 0.15) is 12.8 Å². The minimum Gasteiger partial charge on any atom is -0.316 e. The number of piperidine rings is 1. The first-order valence-electron chi connectivity index (χ1n) is 6.14. The SMILES string of the molecule is Cl.O=S(=O)(NCC1CCCNC1)c1cc(Br)ccc1F. The Labute approximate surface area is 133 Å². The van der Waals surface area contributed by atoms with Crippen LogP contribution in [-0.4, -0.2) is 28.1 Å². The summed E-state index contributed by atoms with van der Waals surface area (Å²) in [6.45, 7) is 2.11. The van der Waals surface area contributed by atoms with Crippen LogP contribution in [0.3, 0.4) is 0 Å². The Balaban J connectivity index is 0.00000200. The van der Waals surface area contributed by atoms with Gasteiger partial charge in [-0.2, -0.15) is 0 Å². The minimum absolute atomic E-state index is 0. The molecule has 0 aliphatic carbocycles. The van der Waals surface area contributed by atoms with Gasteiger partial charge in [0.2, 0.25) is 10.0 Å². The lowest BCUT2D eigenvalue weighted by Crippen LogP contribution is -2.38. The van der Waals surface area contributed by atoms with Gasteiger partial charge in [-0.25, -0.2) is 17.5 Å². The van der Waals surface area contributed by atoms with Crippen LogP contribution in [0, 0.1) is 11.7 Å². The van der Waals surface area contributed by atoms with Gasteiger partial charge >= 0.3 is 0 Å². The molecule has 1 unspecified atom stereocenters. The van der Waals surface area contributed by atoms with Crippen molar-refractivity contribution in [1.82, 2.24) is 10.0 Å². The summed E-state index contributed by atoms with van der Waals surface area (Å²) in [4.78, 5) is -0.314. The van der Waals surface area contributed by atoms with E-state index in [2.05, 4.69) is 26.0 Å². The summed E-state index contributed by atoms with van der Waals surface area (Å²) in [5.41, 5.74) is 0. The maximum Gasteiger partial charge on any atom is 0.243 e. The standard InChI is InChI=1S/C12H16BrFN2O2S.ClH/c13-10-3-4-11(14)12(6-10)19(17,18)16-8-9-2-1-5-15-7-9;/h3-4,6,9,15-16H,1-2,5,7-8H2;1H. The van der Waals surface area contributed by atoms with Gasteiger partial charge in [-0.15, -0.1) is 12.4 Å². The van der Waals surface area contributed by atoms with Gasteiger partial charge in [-0.3, -0.25) is 0 Å². The van der Waals surface area contributed by atoms with Crippen LogP contribution in [0.5, 0.6) is 0 Å². The van der Waals surface area contributed by atoms with Crippen molar-refractivity contribution in [2.45, 2.75) is 17.7 Å². The Hall–Kier alpha value is -0.210. The molecule has 0 spiro atoms. The largest absolute Gasteiger partial charge is 0.316 e. The molecule has 1 aliphatic heterocycles. The number of halogens is 3. The number of hydrogen-bond acceptors (Lipinski definition) is 3. The van der Waals surface area contributed by atoms with Crippen LogP contribution < -0.4 is 10.0 Å². The fraction of sp³-hybridized carbons (Fsp3) is 0.500. The zero-order valence-electron chi connectivity index (χ0n) is 10.7. The first kappa shape index (κ1) is 17.8. The van der Waals surface area contributed by atoms with E-state index in [-0.39, 0.29) is 23.2 Å². The molecule has 0 radical (unpaired) electrons. The average Bonchev–Trinajstić information content (AvgIpc) is 2.40. The number of hydrogen-bond donors (Lipinski definition) is 2. The second-order valence-corrected chi connectivity index (χ2v) is 7.29. The van der Waals surface area contributed by atoms with Crippen molar-refractivity contribution < 1.29 is 12.8 Å². The van der Waals surface area contributed by atoms with Gasteiger partial charge in [0.25, 0.3) is 0 Å². The van der Waals surface area contributed by atoms with Gasteiger partial charge in [0.1, 0.15) is 10.7 Å². The van der Waals surface area contributed by atoms with E-state index in [0.717, 1.165) is 32.0 Å². The summed E-state index contributed by atoms with van der Waals surface area (Å²) >= 11 is 3.15. The van der Waals surface area contributed by atoms with E-state index in [1.165, 1.54) is 12.1 Å². The number of benzene rings is 1. The Morgan fingerprint density at radius 2 is 2.20 bits per heavy atom. The highest BCUT2D eigenvalue weighted by molar-refractivity contribution is 9.10. The molecule has 1 heterocycles. The fourth-order valence-electron chi connectivity index (χ4n) is 2.09. The third kappa shape index (κ3) is 4.66. The molecule has 4 nitrogen and oxygen atoms in total. The van der Waals surface area contributed by atoms with E-state index in [1.807, 2.05) is 0 Å². The van der Waals surface area contributed by atoms with E-state index < -0.39 is 15.8 Å². The summed E-state index contributed by atoms with van der Waals surface area (Å²) in [7, 11) is -3.80. The zero-order chi connectivity index (χ0) is 13.9. The van der Waals surface area contributed by atoms with E-state index in [4.69, 9.17) is 0 Å². The summed E-state index contributed by atoms with van der Waals surface area (Å²) < 4.78 is 40.7. The quantitative estimate of drug-likeness (QED) is 0.833. The first-order chi connectivity index (χ1) is 8.99. The molecule has 0 aromatic heterocycles. The van der Waals surface area contributed by atoms with E-state index in [0.29, 0.717) is 11.0 Å². The lowest BCUT2D eigenvalue weighted by molar-refractivity contribution is 0.375. The lowest BCUT2D eigenvalue weighted by atomic mass is 10.0. The summed E-state index contributed by atoms with van der Waals surface area (Å²) in [5.74, 6) is -0.476. The third-order valence-corrected chi connectivity index (χ3v) is 5.08. The predicted molar refractivity (Wildman–Crippen MR) is 82.1 cm³/mol. The molecule has 1 aliphatic rings. The van der Waals surface area contributed by atoms with Crippen molar-refractivity contribution in [3.05, 3.63) is 28.5 Å². The highest BCUT2D eigenvalue weighted by Gasteiger charge is 2.21.